The summed E-state index contributed by atoms with van der Waals surface area (Å²) >= 11 is 0. The van der Waals surface area contributed by atoms with Crippen molar-refractivity contribution in [3.8, 4) is 33.4 Å². The maximum atomic E-state index is 18.5. The van der Waals surface area contributed by atoms with Gasteiger partial charge >= 0.3 is 27.3 Å². The third kappa shape index (κ3) is 11.5. The average molecular weight is 861 g/mol. The third-order valence-corrected chi connectivity index (χ3v) is 26.3. The first-order valence-electron chi connectivity index (χ1n) is 22.9. The van der Waals surface area contributed by atoms with E-state index < -0.39 is 16.2 Å². The van der Waals surface area contributed by atoms with Gasteiger partial charge in [0.1, 0.15) is 0 Å². The second-order valence-electron chi connectivity index (χ2n) is 21.4. The minimum absolute atomic E-state index is 0. The first-order valence-corrected chi connectivity index (χ1v) is 30.8. The summed E-state index contributed by atoms with van der Waals surface area (Å²) in [7, 11) is -7.06. The minimum atomic E-state index is -5.16. The molecule has 0 fully saturated rings. The van der Waals surface area contributed by atoms with Gasteiger partial charge in [-0.25, -0.2) is 0 Å². The van der Waals surface area contributed by atoms with Crippen molar-refractivity contribution < 1.29 is 27.1 Å². The summed E-state index contributed by atoms with van der Waals surface area (Å²) < 4.78 is 37.1. The second kappa shape index (κ2) is 20.4. The van der Waals surface area contributed by atoms with Crippen LogP contribution in [0.15, 0.2) is 48.5 Å². The normalized spacial score (nSPS) is 13.1. The molecule has 0 radical (unpaired) electrons. The van der Waals surface area contributed by atoms with E-state index >= 15 is 8.22 Å². The molecule has 0 spiro atoms. The molecule has 0 bridgehead atoms. The van der Waals surface area contributed by atoms with E-state index in [0.29, 0.717) is 30.6 Å². The molecule has 0 aliphatic rings. The van der Waals surface area contributed by atoms with Gasteiger partial charge in [0.15, 0.2) is 0 Å². The van der Waals surface area contributed by atoms with Gasteiger partial charge in [0.25, 0.3) is 0 Å². The minimum Gasteiger partial charge on any atom is -0.467 e. The molecule has 0 amide bonds. The monoisotopic (exact) mass is 861 g/mol. The molecule has 0 aliphatic heterocycles. The Labute approximate surface area is 383 Å². The molecule has 0 nitrogen and oxygen atoms in total. The molecular formula is C54H80F2LiPSi2. The number of hydrogen-bond donors (Lipinski definition) is 0. The van der Waals surface area contributed by atoms with Crippen molar-refractivity contribution in [3.05, 3.63) is 98.6 Å². The Bertz CT molecular complexity index is 1930. The summed E-state index contributed by atoms with van der Waals surface area (Å²) in [6.45, 7) is 47.2. The molecule has 60 heavy (non-hydrogen) atoms. The fourth-order valence-corrected chi connectivity index (χ4v) is 23.0. The molecule has 0 heterocycles. The van der Waals surface area contributed by atoms with Gasteiger partial charge in [0, 0.05) is 0 Å². The SMILES string of the molecule is CC(C)c1cc(C(C)C)c(-c2cc(-c3c(C(C)C)cc(C(C)C)cc3C(C)C)c([Si](F)(F)[P-][Si](C)(C)C)c(-c3c(C(C)C)cc(C(C)C)cc3C(C)C)c2)c(C(C)C)c1.[Li+]. The smallest absolute Gasteiger partial charge is 0.467 e. The molecule has 4 rings (SSSR count). The second-order valence-corrected chi connectivity index (χ2v) is 35.9. The number of benzene rings is 4. The predicted octanol–water partition coefficient (Wildman–Crippen LogP) is 15.7. The topological polar surface area (TPSA) is 0 Å². The van der Waals surface area contributed by atoms with Crippen LogP contribution >= 0.6 is 7.68 Å². The van der Waals surface area contributed by atoms with Crippen molar-refractivity contribution in [2.24, 2.45) is 0 Å². The van der Waals surface area contributed by atoms with E-state index in [1.165, 1.54) is 55.6 Å². The Morgan fingerprint density at radius 1 is 0.367 bits per heavy atom. The van der Waals surface area contributed by atoms with Crippen LogP contribution < -0.4 is 24.0 Å². The van der Waals surface area contributed by atoms with Crippen LogP contribution in [0.25, 0.3) is 33.4 Å². The van der Waals surface area contributed by atoms with Gasteiger partial charge in [0.2, 0.25) is 0 Å². The first kappa shape index (κ1) is 52.5. The van der Waals surface area contributed by atoms with E-state index in [1.807, 2.05) is 0 Å². The molecule has 0 aromatic heterocycles. The van der Waals surface area contributed by atoms with Gasteiger partial charge in [-0.1, -0.05) is 181 Å². The Balaban J connectivity index is 0.00000961. The fraction of sp³-hybridized carbons (Fsp3) is 0.556. The molecular weight excluding hydrogens is 781 g/mol. The largest absolute Gasteiger partial charge is 1.00 e. The summed E-state index contributed by atoms with van der Waals surface area (Å²) in [5.41, 5.74) is 17.2. The molecule has 324 valence electrons. The molecule has 0 N–H and O–H groups in total. The van der Waals surface area contributed by atoms with E-state index in [4.69, 9.17) is 0 Å². The van der Waals surface area contributed by atoms with Crippen molar-refractivity contribution in [1.29, 1.82) is 0 Å². The molecule has 0 saturated carbocycles. The first-order chi connectivity index (χ1) is 27.1. The molecule has 4 aromatic carbocycles. The summed E-state index contributed by atoms with van der Waals surface area (Å²) in [5.74, 6) is 2.12. The van der Waals surface area contributed by atoms with Crippen LogP contribution in [0.1, 0.15) is 228 Å². The van der Waals surface area contributed by atoms with Crippen molar-refractivity contribution in [2.45, 2.75) is 198 Å². The molecule has 0 atom stereocenters. The van der Waals surface area contributed by atoms with E-state index in [-0.39, 0.29) is 54.4 Å². The Morgan fingerprint density at radius 3 is 0.800 bits per heavy atom. The maximum Gasteiger partial charge on any atom is 1.00 e. The predicted molar refractivity (Wildman–Crippen MR) is 267 cm³/mol. The van der Waals surface area contributed by atoms with Gasteiger partial charge in [0.05, 0.1) is 0 Å². The van der Waals surface area contributed by atoms with Crippen molar-refractivity contribution >= 4 is 29.0 Å². The summed E-state index contributed by atoms with van der Waals surface area (Å²) in [4.78, 5) is 0. The van der Waals surface area contributed by atoms with E-state index in [9.17, 15) is 0 Å². The van der Waals surface area contributed by atoms with Crippen LogP contribution in [0.2, 0.25) is 19.6 Å². The van der Waals surface area contributed by atoms with E-state index in [1.54, 1.807) is 0 Å². The van der Waals surface area contributed by atoms with Crippen LogP contribution in [0.3, 0.4) is 0 Å². The average Bonchev–Trinajstić information content (AvgIpc) is 3.11. The standard InChI is InChI=1S/C54H80F2PSi2.Li/c1-30(2)39-22-43(33(7)8)51(44(23-39)34(9)10)42-28-49(52-45(35(11)12)24-40(31(3)4)25-46(52)36(13)14)54(59(55,56)57-58(19,20)21)50(29-42)53-47(37(15)16)26-41(32(5)6)27-48(53)38(17)18;/h22-38H,1-21H3;/q-1;+1. The van der Waals surface area contributed by atoms with Crippen LogP contribution in [0.5, 0.6) is 0 Å². The zero-order valence-corrected chi connectivity index (χ0v) is 44.9. The quantitative estimate of drug-likeness (QED) is 0.0635. The molecule has 0 unspecified atom stereocenters. The Morgan fingerprint density at radius 2 is 0.600 bits per heavy atom. The zero-order chi connectivity index (χ0) is 44.8. The van der Waals surface area contributed by atoms with Gasteiger partial charge in [-0.05, 0) is 154 Å². The van der Waals surface area contributed by atoms with Crippen molar-refractivity contribution in [3.63, 3.8) is 0 Å². The Kier molecular flexibility index (Phi) is 17.8. The summed E-state index contributed by atoms with van der Waals surface area (Å²) in [6, 6.07) is 18.8. The van der Waals surface area contributed by atoms with Gasteiger partial charge < -0.3 is 7.68 Å². The number of rotatable bonds is 15. The van der Waals surface area contributed by atoms with Crippen LogP contribution in [-0.2, 0) is 0 Å². The molecule has 0 saturated heterocycles. The number of hydrogen-bond acceptors (Lipinski definition) is 0. The van der Waals surface area contributed by atoms with Gasteiger partial charge in [-0.15, -0.1) is 7.74 Å². The zero-order valence-electron chi connectivity index (χ0n) is 42.0. The number of halogens is 2. The van der Waals surface area contributed by atoms with Gasteiger partial charge in [-0.3, -0.25) is 8.22 Å². The summed E-state index contributed by atoms with van der Waals surface area (Å²) in [5, 5.41) is 0.350. The third-order valence-electron chi connectivity index (χ3n) is 12.1. The van der Waals surface area contributed by atoms with Crippen molar-refractivity contribution in [2.75, 3.05) is 0 Å². The molecule has 4 aromatic rings. The molecule has 6 heteroatoms. The van der Waals surface area contributed by atoms with Crippen molar-refractivity contribution in [1.82, 2.24) is 0 Å². The Hall–Kier alpha value is -1.80. The fourth-order valence-electron chi connectivity index (χ4n) is 8.80. The summed E-state index contributed by atoms with van der Waals surface area (Å²) in [6.07, 6.45) is 0. The van der Waals surface area contributed by atoms with Gasteiger partial charge in [-0.2, -0.15) is 0 Å². The van der Waals surface area contributed by atoms with E-state index in [0.717, 1.165) is 27.8 Å². The molecule has 0 aliphatic carbocycles. The van der Waals surface area contributed by atoms with Crippen LogP contribution in [-0.4, -0.2) is 16.2 Å². The van der Waals surface area contributed by atoms with Crippen LogP contribution in [0, 0.1) is 0 Å². The van der Waals surface area contributed by atoms with E-state index in [2.05, 4.69) is 193 Å². The maximum absolute atomic E-state index is 18.5. The van der Waals surface area contributed by atoms with Crippen LogP contribution in [0.4, 0.5) is 8.22 Å².